The highest BCUT2D eigenvalue weighted by Gasteiger charge is 2.17. The second-order valence-corrected chi connectivity index (χ2v) is 10.3. The highest BCUT2D eigenvalue weighted by Crippen LogP contribution is 2.33. The van der Waals surface area contributed by atoms with Gasteiger partial charge >= 0.3 is 0 Å². The van der Waals surface area contributed by atoms with Crippen molar-refractivity contribution in [2.75, 3.05) is 23.5 Å². The van der Waals surface area contributed by atoms with Crippen LogP contribution < -0.4 is 9.46 Å². The summed E-state index contributed by atoms with van der Waals surface area (Å²) in [4.78, 5) is 8.30. The van der Waals surface area contributed by atoms with Gasteiger partial charge in [-0.2, -0.15) is 10.4 Å². The zero-order valence-electron chi connectivity index (χ0n) is 18.7. The van der Waals surface area contributed by atoms with Crippen LogP contribution in [0, 0.1) is 11.3 Å². The molecule has 0 saturated carbocycles. The van der Waals surface area contributed by atoms with Gasteiger partial charge in [0.25, 0.3) is 0 Å². The standard InChI is InChI=1S/C23H20Cl2N6O3S/c1-14(16-10-17(12-26)22(19(25)11-16)34-8-6-24)31-7-5-21(29-31)15-3-4-20-18(9-15)13-27-23(28-20)30-35(2,32)33/h3-5,7,9-11,13-14H,6,8H2,1-2H3,(H,27,28,30). The molecule has 0 aliphatic carbocycles. The molecule has 9 nitrogen and oxygen atoms in total. The monoisotopic (exact) mass is 530 g/mol. The lowest BCUT2D eigenvalue weighted by atomic mass is 10.0. The molecule has 0 bridgehead atoms. The van der Waals surface area contributed by atoms with Gasteiger partial charge in [-0.1, -0.05) is 17.7 Å². The van der Waals surface area contributed by atoms with Crippen molar-refractivity contribution in [3.8, 4) is 23.1 Å². The Morgan fingerprint density at radius 2 is 2.06 bits per heavy atom. The number of anilines is 1. The molecule has 2 aromatic heterocycles. The van der Waals surface area contributed by atoms with Crippen LogP contribution in [0.1, 0.15) is 24.1 Å². The number of hydrogen-bond donors (Lipinski definition) is 1. The summed E-state index contributed by atoms with van der Waals surface area (Å²) in [5.74, 6) is 0.621. The van der Waals surface area contributed by atoms with Crippen molar-refractivity contribution in [1.29, 1.82) is 5.26 Å². The molecule has 4 rings (SSSR count). The van der Waals surface area contributed by atoms with Crippen LogP contribution in [-0.2, 0) is 10.0 Å². The number of ether oxygens (including phenoxy) is 1. The molecule has 2 heterocycles. The van der Waals surface area contributed by atoms with Gasteiger partial charge in [0.15, 0.2) is 5.75 Å². The largest absolute Gasteiger partial charge is 0.489 e. The molecule has 12 heteroatoms. The third kappa shape index (κ3) is 5.65. The van der Waals surface area contributed by atoms with Gasteiger partial charge in [-0.3, -0.25) is 9.40 Å². The van der Waals surface area contributed by atoms with Crippen molar-refractivity contribution in [1.82, 2.24) is 19.7 Å². The Bertz CT molecular complexity index is 1550. The van der Waals surface area contributed by atoms with E-state index in [0.29, 0.717) is 21.9 Å². The van der Waals surface area contributed by atoms with Gasteiger partial charge in [-0.15, -0.1) is 11.6 Å². The second-order valence-electron chi connectivity index (χ2n) is 7.73. The maximum absolute atomic E-state index is 11.4. The van der Waals surface area contributed by atoms with Crippen LogP contribution in [0.5, 0.6) is 5.75 Å². The zero-order valence-corrected chi connectivity index (χ0v) is 21.1. The number of halogens is 2. The summed E-state index contributed by atoms with van der Waals surface area (Å²) in [5.41, 5.74) is 3.30. The number of benzene rings is 2. The lowest BCUT2D eigenvalue weighted by Gasteiger charge is -2.16. The second kappa shape index (κ2) is 10.1. The maximum Gasteiger partial charge on any atom is 0.237 e. The highest BCUT2D eigenvalue weighted by atomic mass is 35.5. The number of nitrogens with one attached hydrogen (secondary N) is 1. The zero-order chi connectivity index (χ0) is 25.2. The predicted molar refractivity (Wildman–Crippen MR) is 135 cm³/mol. The molecule has 2 aromatic carbocycles. The number of nitrogens with zero attached hydrogens (tertiary/aromatic N) is 5. The minimum Gasteiger partial charge on any atom is -0.489 e. The first-order valence-electron chi connectivity index (χ1n) is 10.4. The molecule has 0 fully saturated rings. The molecule has 1 atom stereocenters. The first-order valence-corrected chi connectivity index (χ1v) is 13.2. The van der Waals surface area contributed by atoms with E-state index in [2.05, 4.69) is 20.8 Å². The summed E-state index contributed by atoms with van der Waals surface area (Å²) in [6.45, 7) is 2.20. The van der Waals surface area contributed by atoms with Crippen molar-refractivity contribution in [3.05, 3.63) is 64.9 Å². The summed E-state index contributed by atoms with van der Waals surface area (Å²) >= 11 is 12.1. The summed E-state index contributed by atoms with van der Waals surface area (Å²) in [5, 5.41) is 15.3. The Kier molecular flexibility index (Phi) is 7.12. The van der Waals surface area contributed by atoms with Gasteiger partial charge in [0.1, 0.15) is 12.7 Å². The Labute approximate surface area is 212 Å². The van der Waals surface area contributed by atoms with Crippen LogP contribution in [0.25, 0.3) is 22.2 Å². The maximum atomic E-state index is 11.4. The van der Waals surface area contributed by atoms with Gasteiger partial charge in [-0.25, -0.2) is 18.4 Å². The molecule has 0 aliphatic heterocycles. The van der Waals surface area contributed by atoms with Gasteiger partial charge in [0.05, 0.1) is 40.0 Å². The van der Waals surface area contributed by atoms with Gasteiger partial charge < -0.3 is 4.74 Å². The Hall–Kier alpha value is -3.39. The molecule has 4 aromatic rings. The van der Waals surface area contributed by atoms with E-state index in [9.17, 15) is 13.7 Å². The molecule has 0 radical (unpaired) electrons. The van der Waals surface area contributed by atoms with Gasteiger partial charge in [0.2, 0.25) is 16.0 Å². The summed E-state index contributed by atoms with van der Waals surface area (Å²) in [6.07, 6.45) is 4.44. The van der Waals surface area contributed by atoms with Crippen LogP contribution in [0.2, 0.25) is 5.02 Å². The quantitative estimate of drug-likeness (QED) is 0.329. The Morgan fingerprint density at radius 3 is 2.77 bits per heavy atom. The summed E-state index contributed by atoms with van der Waals surface area (Å²) in [7, 11) is -3.47. The summed E-state index contributed by atoms with van der Waals surface area (Å²) < 4.78 is 32.4. The molecule has 0 aliphatic rings. The molecular weight excluding hydrogens is 511 g/mol. The Balaban J connectivity index is 1.60. The van der Waals surface area contributed by atoms with E-state index in [1.165, 1.54) is 0 Å². The molecule has 1 N–H and O–H groups in total. The van der Waals surface area contributed by atoms with Crippen molar-refractivity contribution < 1.29 is 13.2 Å². The molecule has 35 heavy (non-hydrogen) atoms. The van der Waals surface area contributed by atoms with Crippen LogP contribution >= 0.6 is 23.2 Å². The average Bonchev–Trinajstić information content (AvgIpc) is 3.31. The fourth-order valence-corrected chi connectivity index (χ4v) is 4.28. The molecule has 0 saturated heterocycles. The van der Waals surface area contributed by atoms with Crippen LogP contribution in [0.15, 0.2) is 48.8 Å². The number of aromatic nitrogens is 4. The van der Waals surface area contributed by atoms with E-state index in [1.54, 1.807) is 29.1 Å². The van der Waals surface area contributed by atoms with E-state index >= 15 is 0 Å². The van der Waals surface area contributed by atoms with Crippen LogP contribution in [-0.4, -0.2) is 46.9 Å². The van der Waals surface area contributed by atoms with Gasteiger partial charge in [-0.05, 0) is 42.8 Å². The number of nitriles is 1. The number of sulfonamides is 1. The fourth-order valence-electron chi connectivity index (χ4n) is 3.49. The highest BCUT2D eigenvalue weighted by molar-refractivity contribution is 7.91. The number of rotatable bonds is 8. The van der Waals surface area contributed by atoms with Crippen molar-refractivity contribution >= 4 is 50.1 Å². The van der Waals surface area contributed by atoms with E-state index in [-0.39, 0.29) is 24.5 Å². The SMILES string of the molecule is CC(c1cc(Cl)c(OCCCl)c(C#N)c1)n1ccc(-c2ccc3nc(NS(C)(=O)=O)ncc3c2)n1. The molecule has 0 amide bonds. The minimum atomic E-state index is -3.47. The first kappa shape index (κ1) is 24.7. The number of fused-ring (bicyclic) bond motifs is 1. The van der Waals surface area contributed by atoms with E-state index in [0.717, 1.165) is 28.5 Å². The van der Waals surface area contributed by atoms with Crippen molar-refractivity contribution in [3.63, 3.8) is 0 Å². The molecule has 1 unspecified atom stereocenters. The van der Waals surface area contributed by atoms with E-state index in [1.807, 2.05) is 31.3 Å². The van der Waals surface area contributed by atoms with Crippen molar-refractivity contribution in [2.24, 2.45) is 0 Å². The predicted octanol–water partition coefficient (Wildman–Crippen LogP) is 4.62. The third-order valence-corrected chi connectivity index (χ3v) is 6.14. The molecule has 180 valence electrons. The lowest BCUT2D eigenvalue weighted by molar-refractivity contribution is 0.341. The summed E-state index contributed by atoms with van der Waals surface area (Å²) in [6, 6.07) is 12.8. The Morgan fingerprint density at radius 1 is 1.26 bits per heavy atom. The van der Waals surface area contributed by atoms with Gasteiger partial charge in [0, 0.05) is 23.3 Å². The smallest absolute Gasteiger partial charge is 0.237 e. The number of alkyl halides is 1. The fraction of sp³-hybridized carbons (Fsp3) is 0.217. The van der Waals surface area contributed by atoms with E-state index < -0.39 is 10.0 Å². The third-order valence-electron chi connectivity index (χ3n) is 5.15. The first-order chi connectivity index (χ1) is 16.7. The minimum absolute atomic E-state index is 0.0142. The lowest BCUT2D eigenvalue weighted by Crippen LogP contribution is -2.12. The van der Waals surface area contributed by atoms with Crippen LogP contribution in [0.4, 0.5) is 5.95 Å². The topological polar surface area (TPSA) is 123 Å². The normalized spacial score (nSPS) is 12.3. The van der Waals surface area contributed by atoms with E-state index in [4.69, 9.17) is 33.0 Å². The van der Waals surface area contributed by atoms with Crippen LogP contribution in [0.3, 0.4) is 0 Å². The molecular formula is C23H20Cl2N6O3S. The molecule has 0 spiro atoms. The number of hydrogen-bond acceptors (Lipinski definition) is 7. The van der Waals surface area contributed by atoms with Crippen molar-refractivity contribution in [2.45, 2.75) is 13.0 Å². The average molecular weight is 531 g/mol.